The molecule has 0 spiro atoms. The van der Waals surface area contributed by atoms with E-state index in [-0.39, 0.29) is 18.5 Å². The average molecular weight is 259 g/mol. The van der Waals surface area contributed by atoms with E-state index in [1.54, 1.807) is 0 Å². The summed E-state index contributed by atoms with van der Waals surface area (Å²) in [7, 11) is 0. The smallest absolute Gasteiger partial charge is 0.241 e. The maximum Gasteiger partial charge on any atom is 0.241 e. The van der Waals surface area contributed by atoms with Crippen molar-refractivity contribution in [2.75, 3.05) is 11.9 Å². The molecule has 4 nitrogen and oxygen atoms in total. The Bertz CT molecular complexity index is 445. The topological polar surface area (TPSA) is 64.9 Å². The summed E-state index contributed by atoms with van der Waals surface area (Å²) in [5, 5.41) is 14.4. The number of carbonyl (C=O) groups is 1. The van der Waals surface area contributed by atoms with Gasteiger partial charge in [0.2, 0.25) is 5.91 Å². The average Bonchev–Trinajstić information content (AvgIpc) is 2.36. The van der Waals surface area contributed by atoms with Crippen molar-refractivity contribution in [1.82, 2.24) is 5.32 Å². The van der Waals surface area contributed by atoms with E-state index >= 15 is 0 Å². The first-order valence-corrected chi connectivity index (χ1v) is 6.50. The summed E-state index contributed by atoms with van der Waals surface area (Å²) in [4.78, 5) is 12.2. The lowest BCUT2D eigenvalue weighted by molar-refractivity contribution is -0.118. The molecule has 1 aromatic rings. The zero-order valence-corrected chi connectivity index (χ0v) is 11.7. The van der Waals surface area contributed by atoms with E-state index in [1.807, 2.05) is 37.3 Å². The fourth-order valence-corrected chi connectivity index (χ4v) is 1.79. The van der Waals surface area contributed by atoms with Gasteiger partial charge in [-0.3, -0.25) is 10.1 Å². The van der Waals surface area contributed by atoms with Crippen molar-refractivity contribution < 1.29 is 4.79 Å². The monoisotopic (exact) mass is 259 g/mol. The maximum absolute atomic E-state index is 12.2. The summed E-state index contributed by atoms with van der Waals surface area (Å²) in [6.07, 6.45) is 0.708. The van der Waals surface area contributed by atoms with Gasteiger partial charge in [0.25, 0.3) is 0 Å². The molecule has 0 saturated heterocycles. The quantitative estimate of drug-likeness (QED) is 0.771. The molecule has 0 aliphatic rings. The van der Waals surface area contributed by atoms with Gasteiger partial charge in [-0.2, -0.15) is 5.26 Å². The minimum Gasteiger partial charge on any atom is -0.325 e. The van der Waals surface area contributed by atoms with Crippen LogP contribution in [0, 0.1) is 24.2 Å². The Morgan fingerprint density at radius 1 is 1.32 bits per heavy atom. The summed E-state index contributed by atoms with van der Waals surface area (Å²) < 4.78 is 0. The number of nitrogens with one attached hydrogen (secondary N) is 2. The number of nitriles is 1. The molecule has 4 heteroatoms. The second-order valence-corrected chi connectivity index (χ2v) is 5.08. The molecule has 1 aromatic carbocycles. The predicted molar refractivity (Wildman–Crippen MR) is 76.7 cm³/mol. The van der Waals surface area contributed by atoms with Gasteiger partial charge in [-0.15, -0.1) is 0 Å². The number of aryl methyl sites for hydroxylation is 1. The normalized spacial score (nSPS) is 11.9. The van der Waals surface area contributed by atoms with Gasteiger partial charge in [0.15, 0.2) is 0 Å². The second-order valence-electron chi connectivity index (χ2n) is 5.08. The largest absolute Gasteiger partial charge is 0.325 e. The number of nitrogens with zero attached hydrogens (tertiary/aromatic N) is 1. The van der Waals surface area contributed by atoms with Crippen LogP contribution in [-0.4, -0.2) is 18.5 Å². The molecule has 0 unspecified atom stereocenters. The maximum atomic E-state index is 12.2. The summed E-state index contributed by atoms with van der Waals surface area (Å²) in [6, 6.07) is 9.34. The standard InChI is InChI=1S/C15H21N3O/c1-11(2)10-14(17-9-8-16)15(19)18-13-6-4-12(3)5-7-13/h4-7,11,14,17H,9-10H2,1-3H3,(H,18,19)/t14-/m0/s1. The highest BCUT2D eigenvalue weighted by molar-refractivity contribution is 5.94. The third-order valence-corrected chi connectivity index (χ3v) is 2.77. The van der Waals surface area contributed by atoms with E-state index < -0.39 is 0 Å². The van der Waals surface area contributed by atoms with Crippen LogP contribution in [0.25, 0.3) is 0 Å². The molecule has 1 amide bonds. The highest BCUT2D eigenvalue weighted by Gasteiger charge is 2.19. The van der Waals surface area contributed by atoms with E-state index in [0.29, 0.717) is 12.3 Å². The number of amides is 1. The number of anilines is 1. The SMILES string of the molecule is Cc1ccc(NC(=O)[C@H](CC(C)C)NCC#N)cc1. The lowest BCUT2D eigenvalue weighted by atomic mass is 10.0. The lowest BCUT2D eigenvalue weighted by Crippen LogP contribution is -2.41. The van der Waals surface area contributed by atoms with Gasteiger partial charge in [-0.25, -0.2) is 0 Å². The molecule has 1 rings (SSSR count). The van der Waals surface area contributed by atoms with Crippen LogP contribution in [0.3, 0.4) is 0 Å². The third-order valence-electron chi connectivity index (χ3n) is 2.77. The van der Waals surface area contributed by atoms with Crippen LogP contribution < -0.4 is 10.6 Å². The van der Waals surface area contributed by atoms with Crippen molar-refractivity contribution in [1.29, 1.82) is 5.26 Å². The van der Waals surface area contributed by atoms with Gasteiger partial charge in [0.1, 0.15) is 0 Å². The number of hydrogen-bond donors (Lipinski definition) is 2. The van der Waals surface area contributed by atoms with Gasteiger partial charge >= 0.3 is 0 Å². The van der Waals surface area contributed by atoms with Crippen molar-refractivity contribution in [3.8, 4) is 6.07 Å². The molecule has 0 aromatic heterocycles. The fourth-order valence-electron chi connectivity index (χ4n) is 1.79. The van der Waals surface area contributed by atoms with E-state index in [9.17, 15) is 4.79 Å². The van der Waals surface area contributed by atoms with Gasteiger partial charge in [-0.05, 0) is 31.4 Å². The number of benzene rings is 1. The van der Waals surface area contributed by atoms with Gasteiger partial charge in [0.05, 0.1) is 18.7 Å². The molecule has 0 bridgehead atoms. The van der Waals surface area contributed by atoms with E-state index in [1.165, 1.54) is 0 Å². The Balaban J connectivity index is 2.65. The van der Waals surface area contributed by atoms with Crippen molar-refractivity contribution in [3.05, 3.63) is 29.8 Å². The van der Waals surface area contributed by atoms with Crippen LogP contribution in [-0.2, 0) is 4.79 Å². The van der Waals surface area contributed by atoms with E-state index in [4.69, 9.17) is 5.26 Å². The van der Waals surface area contributed by atoms with Gasteiger partial charge < -0.3 is 5.32 Å². The molecular weight excluding hydrogens is 238 g/mol. The number of carbonyl (C=O) groups excluding carboxylic acids is 1. The van der Waals surface area contributed by atoms with Crippen molar-refractivity contribution >= 4 is 11.6 Å². The number of rotatable bonds is 6. The summed E-state index contributed by atoms with van der Waals surface area (Å²) >= 11 is 0. The molecular formula is C15H21N3O. The summed E-state index contributed by atoms with van der Waals surface area (Å²) in [6.45, 7) is 6.29. The van der Waals surface area contributed by atoms with Crippen molar-refractivity contribution in [3.63, 3.8) is 0 Å². The van der Waals surface area contributed by atoms with E-state index in [2.05, 4.69) is 24.5 Å². The zero-order valence-electron chi connectivity index (χ0n) is 11.7. The Morgan fingerprint density at radius 2 is 1.95 bits per heavy atom. The van der Waals surface area contributed by atoms with Crippen LogP contribution in [0.15, 0.2) is 24.3 Å². The molecule has 1 atom stereocenters. The molecule has 0 aliphatic carbocycles. The van der Waals surface area contributed by atoms with Crippen LogP contribution >= 0.6 is 0 Å². The molecule has 0 saturated carbocycles. The molecule has 0 heterocycles. The molecule has 0 radical (unpaired) electrons. The van der Waals surface area contributed by atoms with E-state index in [0.717, 1.165) is 11.3 Å². The first-order chi connectivity index (χ1) is 9.02. The Hall–Kier alpha value is -1.86. The molecule has 2 N–H and O–H groups in total. The molecule has 0 aliphatic heterocycles. The highest BCUT2D eigenvalue weighted by Crippen LogP contribution is 2.11. The van der Waals surface area contributed by atoms with Gasteiger partial charge in [0, 0.05) is 5.69 Å². The lowest BCUT2D eigenvalue weighted by Gasteiger charge is -2.18. The summed E-state index contributed by atoms with van der Waals surface area (Å²) in [5.74, 6) is 0.299. The third kappa shape index (κ3) is 5.54. The molecule has 19 heavy (non-hydrogen) atoms. The van der Waals surface area contributed by atoms with Crippen LogP contribution in [0.5, 0.6) is 0 Å². The first kappa shape index (κ1) is 15.2. The van der Waals surface area contributed by atoms with Gasteiger partial charge in [-0.1, -0.05) is 31.5 Å². The van der Waals surface area contributed by atoms with Crippen LogP contribution in [0.2, 0.25) is 0 Å². The molecule has 0 fully saturated rings. The van der Waals surface area contributed by atoms with Crippen molar-refractivity contribution in [2.45, 2.75) is 33.2 Å². The second kappa shape index (κ2) is 7.55. The predicted octanol–water partition coefficient (Wildman–Crippen LogP) is 2.46. The van der Waals surface area contributed by atoms with Crippen LogP contribution in [0.4, 0.5) is 5.69 Å². The Labute approximate surface area is 114 Å². The van der Waals surface area contributed by atoms with Crippen LogP contribution in [0.1, 0.15) is 25.8 Å². The first-order valence-electron chi connectivity index (χ1n) is 6.50. The Kier molecular flexibility index (Phi) is 6.04. The number of hydrogen-bond acceptors (Lipinski definition) is 3. The fraction of sp³-hybridized carbons (Fsp3) is 0.467. The zero-order chi connectivity index (χ0) is 14.3. The molecule has 102 valence electrons. The summed E-state index contributed by atoms with van der Waals surface area (Å²) in [5.41, 5.74) is 1.93. The minimum atomic E-state index is -0.332. The minimum absolute atomic E-state index is 0.0900. The Morgan fingerprint density at radius 3 is 2.47 bits per heavy atom. The highest BCUT2D eigenvalue weighted by atomic mass is 16.2. The van der Waals surface area contributed by atoms with Crippen molar-refractivity contribution in [2.24, 2.45) is 5.92 Å².